The summed E-state index contributed by atoms with van der Waals surface area (Å²) in [5, 5.41) is 7.10. The van der Waals surface area contributed by atoms with Crippen molar-refractivity contribution in [1.82, 2.24) is 14.8 Å². The molecule has 2 aromatic heterocycles. The number of aromatic nitrogens is 3. The van der Waals surface area contributed by atoms with E-state index >= 15 is 0 Å². The molecule has 3 rings (SSSR count). The average molecular weight is 352 g/mol. The zero-order chi connectivity index (χ0) is 17.5. The van der Waals surface area contributed by atoms with Gasteiger partial charge >= 0.3 is 0 Å². The zero-order valence-electron chi connectivity index (χ0n) is 14.0. The van der Waals surface area contributed by atoms with Crippen molar-refractivity contribution in [3.8, 4) is 0 Å². The van der Waals surface area contributed by atoms with Crippen LogP contribution in [0.25, 0.3) is 0 Å². The van der Waals surface area contributed by atoms with E-state index in [1.807, 2.05) is 49.5 Å². The Bertz CT molecular complexity index is 805. The lowest BCUT2D eigenvalue weighted by atomic mass is 10.2. The molecule has 0 aliphatic rings. The van der Waals surface area contributed by atoms with E-state index in [4.69, 9.17) is 0 Å². The number of rotatable bonds is 7. The van der Waals surface area contributed by atoms with Crippen LogP contribution in [0.5, 0.6) is 0 Å². The summed E-state index contributed by atoms with van der Waals surface area (Å²) in [7, 11) is 0. The van der Waals surface area contributed by atoms with Gasteiger partial charge in [0.05, 0.1) is 17.5 Å². The van der Waals surface area contributed by atoms with Gasteiger partial charge in [0.15, 0.2) is 5.82 Å². The molecule has 128 valence electrons. The number of thioether (sulfide) groups is 1. The number of carbonyl (C=O) groups excluding carboxylic acids is 1. The second-order valence-electron chi connectivity index (χ2n) is 5.65. The number of amides is 1. The topological polar surface area (TPSA) is 59.8 Å². The van der Waals surface area contributed by atoms with E-state index in [0.29, 0.717) is 12.4 Å². The third-order valence-electron chi connectivity index (χ3n) is 3.65. The summed E-state index contributed by atoms with van der Waals surface area (Å²) in [5.41, 5.74) is 2.14. The summed E-state index contributed by atoms with van der Waals surface area (Å²) in [6, 6.07) is 17.7. The predicted octanol–water partition coefficient (Wildman–Crippen LogP) is 3.59. The molecule has 0 saturated heterocycles. The Labute approximate surface area is 151 Å². The predicted molar refractivity (Wildman–Crippen MR) is 101 cm³/mol. The Morgan fingerprint density at radius 1 is 1.16 bits per heavy atom. The van der Waals surface area contributed by atoms with Crippen molar-refractivity contribution in [3.63, 3.8) is 0 Å². The molecule has 1 aromatic carbocycles. The Morgan fingerprint density at radius 3 is 2.72 bits per heavy atom. The molecule has 3 aromatic rings. The summed E-state index contributed by atoms with van der Waals surface area (Å²) in [6.07, 6.45) is 3.60. The molecule has 1 amide bonds. The maximum atomic E-state index is 12.3. The number of benzene rings is 1. The second kappa shape index (κ2) is 8.48. The van der Waals surface area contributed by atoms with Crippen molar-refractivity contribution >= 4 is 23.5 Å². The first-order valence-electron chi connectivity index (χ1n) is 8.10. The first-order valence-corrected chi connectivity index (χ1v) is 9.15. The van der Waals surface area contributed by atoms with Crippen LogP contribution >= 0.6 is 11.8 Å². The monoisotopic (exact) mass is 352 g/mol. The van der Waals surface area contributed by atoms with Gasteiger partial charge in [0.1, 0.15) is 0 Å². The third kappa shape index (κ3) is 5.19. The van der Waals surface area contributed by atoms with E-state index in [1.54, 1.807) is 28.7 Å². The molecule has 2 heterocycles. The molecule has 25 heavy (non-hydrogen) atoms. The molecular weight excluding hydrogens is 332 g/mol. The van der Waals surface area contributed by atoms with Crippen molar-refractivity contribution in [2.75, 3.05) is 5.32 Å². The highest BCUT2D eigenvalue weighted by molar-refractivity contribution is 7.99. The molecule has 0 aliphatic heterocycles. The minimum atomic E-state index is -0.152. The molecule has 1 atom stereocenters. The van der Waals surface area contributed by atoms with Crippen LogP contribution in [0.3, 0.4) is 0 Å². The fourth-order valence-corrected chi connectivity index (χ4v) is 3.12. The zero-order valence-corrected chi connectivity index (χ0v) is 14.8. The van der Waals surface area contributed by atoms with Gasteiger partial charge in [-0.15, -0.1) is 11.8 Å². The van der Waals surface area contributed by atoms with Crippen LogP contribution in [-0.4, -0.2) is 25.9 Å². The summed E-state index contributed by atoms with van der Waals surface area (Å²) in [6.45, 7) is 2.49. The molecule has 1 N–H and O–H groups in total. The maximum Gasteiger partial charge on any atom is 0.238 e. The van der Waals surface area contributed by atoms with E-state index in [2.05, 4.69) is 27.5 Å². The van der Waals surface area contributed by atoms with Gasteiger partial charge in [-0.25, -0.2) is 0 Å². The van der Waals surface area contributed by atoms with Crippen LogP contribution < -0.4 is 5.32 Å². The van der Waals surface area contributed by atoms with Crippen LogP contribution in [-0.2, 0) is 17.1 Å². The van der Waals surface area contributed by atoms with Gasteiger partial charge in [-0.1, -0.05) is 36.4 Å². The molecule has 0 fully saturated rings. The van der Waals surface area contributed by atoms with E-state index in [0.717, 1.165) is 11.4 Å². The standard InChI is InChI=1S/C19H20N4OS/c1-15(25-14-16-7-3-2-4-8-16)19(24)21-18-10-12-23(22-18)13-17-9-5-6-11-20-17/h2-12,15H,13-14H2,1H3,(H,21,22,24). The van der Waals surface area contributed by atoms with E-state index in [1.165, 1.54) is 5.56 Å². The van der Waals surface area contributed by atoms with Crippen LogP contribution in [0.15, 0.2) is 67.0 Å². The lowest BCUT2D eigenvalue weighted by molar-refractivity contribution is -0.115. The first-order chi connectivity index (χ1) is 12.2. The maximum absolute atomic E-state index is 12.3. The number of nitrogens with one attached hydrogen (secondary N) is 1. The molecule has 0 radical (unpaired) electrons. The lowest BCUT2D eigenvalue weighted by Gasteiger charge is -2.10. The molecule has 1 unspecified atom stereocenters. The van der Waals surface area contributed by atoms with Gasteiger partial charge in [0.25, 0.3) is 0 Å². The molecule has 6 heteroatoms. The SMILES string of the molecule is CC(SCc1ccccc1)C(=O)Nc1ccn(Cc2ccccn2)n1. The van der Waals surface area contributed by atoms with E-state index < -0.39 is 0 Å². The normalized spacial score (nSPS) is 11.9. The highest BCUT2D eigenvalue weighted by atomic mass is 32.2. The molecule has 0 bridgehead atoms. The summed E-state index contributed by atoms with van der Waals surface area (Å²) in [5.74, 6) is 1.33. The summed E-state index contributed by atoms with van der Waals surface area (Å²) in [4.78, 5) is 16.6. The number of pyridine rings is 1. The number of anilines is 1. The van der Waals surface area contributed by atoms with E-state index in [-0.39, 0.29) is 11.2 Å². The quantitative estimate of drug-likeness (QED) is 0.706. The Kier molecular flexibility index (Phi) is 5.85. The van der Waals surface area contributed by atoms with Crippen molar-refractivity contribution in [2.45, 2.75) is 24.5 Å². The largest absolute Gasteiger partial charge is 0.308 e. The Balaban J connectivity index is 1.50. The van der Waals surface area contributed by atoms with Crippen molar-refractivity contribution < 1.29 is 4.79 Å². The van der Waals surface area contributed by atoms with Crippen molar-refractivity contribution in [1.29, 1.82) is 0 Å². The van der Waals surface area contributed by atoms with Crippen LogP contribution in [0.2, 0.25) is 0 Å². The number of carbonyl (C=O) groups is 1. The Hall–Kier alpha value is -2.60. The fraction of sp³-hybridized carbons (Fsp3) is 0.211. The van der Waals surface area contributed by atoms with Crippen LogP contribution in [0.1, 0.15) is 18.2 Å². The smallest absolute Gasteiger partial charge is 0.238 e. The number of hydrogen-bond acceptors (Lipinski definition) is 4. The van der Waals surface area contributed by atoms with Gasteiger partial charge in [0.2, 0.25) is 5.91 Å². The van der Waals surface area contributed by atoms with E-state index in [9.17, 15) is 4.79 Å². The molecule has 0 spiro atoms. The highest BCUT2D eigenvalue weighted by Gasteiger charge is 2.14. The molecule has 5 nitrogen and oxygen atoms in total. The minimum absolute atomic E-state index is 0.0379. The average Bonchev–Trinajstić information content (AvgIpc) is 3.08. The number of nitrogens with zero attached hydrogens (tertiary/aromatic N) is 3. The molecule has 0 aliphatic carbocycles. The van der Waals surface area contributed by atoms with Crippen molar-refractivity contribution in [2.24, 2.45) is 0 Å². The fourth-order valence-electron chi connectivity index (χ4n) is 2.27. The van der Waals surface area contributed by atoms with Gasteiger partial charge in [-0.2, -0.15) is 5.10 Å². The first kappa shape index (κ1) is 17.2. The van der Waals surface area contributed by atoms with Crippen LogP contribution in [0.4, 0.5) is 5.82 Å². The number of hydrogen-bond donors (Lipinski definition) is 1. The van der Waals surface area contributed by atoms with Crippen LogP contribution in [0, 0.1) is 0 Å². The highest BCUT2D eigenvalue weighted by Crippen LogP contribution is 2.18. The summed E-state index contributed by atoms with van der Waals surface area (Å²) >= 11 is 1.61. The Morgan fingerprint density at radius 2 is 1.96 bits per heavy atom. The van der Waals surface area contributed by atoms with Gasteiger partial charge in [-0.3, -0.25) is 14.5 Å². The minimum Gasteiger partial charge on any atom is -0.308 e. The second-order valence-corrected chi connectivity index (χ2v) is 6.98. The molecule has 0 saturated carbocycles. The lowest BCUT2D eigenvalue weighted by Crippen LogP contribution is -2.23. The van der Waals surface area contributed by atoms with Gasteiger partial charge < -0.3 is 5.32 Å². The van der Waals surface area contributed by atoms with Gasteiger partial charge in [-0.05, 0) is 24.6 Å². The van der Waals surface area contributed by atoms with Gasteiger partial charge in [0, 0.05) is 24.2 Å². The van der Waals surface area contributed by atoms with Crippen molar-refractivity contribution in [3.05, 3.63) is 78.2 Å². The summed E-state index contributed by atoms with van der Waals surface area (Å²) < 4.78 is 1.76. The third-order valence-corrected chi connectivity index (χ3v) is 4.87. The molecular formula is C19H20N4OS.